The van der Waals surface area contributed by atoms with Gasteiger partial charge in [-0.2, -0.15) is 13.2 Å². The average Bonchev–Trinajstić information content (AvgIpc) is 3.83. The van der Waals surface area contributed by atoms with E-state index in [0.29, 0.717) is 11.8 Å². The fourth-order valence-corrected chi connectivity index (χ4v) is 10.7. The lowest BCUT2D eigenvalue weighted by Gasteiger charge is -2.29. The monoisotopic (exact) mass is 822 g/mol. The van der Waals surface area contributed by atoms with Crippen molar-refractivity contribution in [1.29, 1.82) is 0 Å². The first-order valence-corrected chi connectivity index (χ1v) is 21.7. The number of halogens is 3. The Morgan fingerprint density at radius 3 is 1.76 bits per heavy atom. The van der Waals surface area contributed by atoms with Crippen LogP contribution in [0.15, 0.2) is 188 Å². The SMILES string of the molecule is CC1C=Cc2c(c(C3C=CC=CC3)c3ccccc3c2-c2ccc(-n3c4ccccc4c4cc(-c5ccc6c(c5)c5ccccc5n6-c5ccccc5C(F)(F)F)ccc43)cc2)C1. The quantitative estimate of drug-likeness (QED) is 0.164. The fourth-order valence-electron chi connectivity index (χ4n) is 10.7. The van der Waals surface area contributed by atoms with Crippen LogP contribution in [0, 0.1) is 5.92 Å². The number of aromatic nitrogens is 2. The van der Waals surface area contributed by atoms with Crippen molar-refractivity contribution in [3.63, 3.8) is 0 Å². The molecule has 10 aromatic rings. The molecule has 8 aromatic carbocycles. The lowest BCUT2D eigenvalue weighted by molar-refractivity contribution is -0.137. The third-order valence-electron chi connectivity index (χ3n) is 13.4. The molecule has 2 heterocycles. The second-order valence-electron chi connectivity index (χ2n) is 17.2. The smallest absolute Gasteiger partial charge is 0.309 e. The van der Waals surface area contributed by atoms with Crippen LogP contribution in [0.1, 0.15) is 41.5 Å². The molecule has 5 heteroatoms. The standard InChI is InChI=1S/C58H41F3N2/c1-36-23-30-46-49(33-36)57(37-13-3-2-4-14-37)45-18-6-5-17-44(45)56(46)38-24-28-41(29-25-38)62-51-20-10-7-15-42(51)47-34-39(26-31-53(47)62)40-27-32-54-48(35-40)43-16-8-11-21-52(43)63(54)55-22-12-9-19-50(55)58(59,60)61/h2-13,15-32,34-37H,14,33H2,1H3. The molecule has 63 heavy (non-hydrogen) atoms. The number of nitrogens with zero attached hydrogens (tertiary/aromatic N) is 2. The van der Waals surface area contributed by atoms with E-state index < -0.39 is 11.7 Å². The van der Waals surface area contributed by atoms with Crippen LogP contribution < -0.4 is 0 Å². The highest BCUT2D eigenvalue weighted by atomic mass is 19.4. The third kappa shape index (κ3) is 5.94. The van der Waals surface area contributed by atoms with Gasteiger partial charge in [-0.15, -0.1) is 0 Å². The van der Waals surface area contributed by atoms with Crippen LogP contribution in [-0.2, 0) is 12.6 Å². The van der Waals surface area contributed by atoms with Crippen molar-refractivity contribution in [2.45, 2.75) is 31.9 Å². The minimum Gasteiger partial charge on any atom is -0.309 e. The van der Waals surface area contributed by atoms with Gasteiger partial charge in [0.05, 0.1) is 33.3 Å². The molecule has 0 radical (unpaired) electrons. The molecule has 0 bridgehead atoms. The Balaban J connectivity index is 0.975. The van der Waals surface area contributed by atoms with E-state index in [9.17, 15) is 13.2 Å². The van der Waals surface area contributed by atoms with E-state index in [-0.39, 0.29) is 5.69 Å². The summed E-state index contributed by atoms with van der Waals surface area (Å²) in [5.41, 5.74) is 13.1. The number of alkyl halides is 3. The van der Waals surface area contributed by atoms with Gasteiger partial charge in [0.25, 0.3) is 0 Å². The van der Waals surface area contributed by atoms with E-state index >= 15 is 0 Å². The number of hydrogen-bond donors (Lipinski definition) is 0. The Labute approximate surface area is 363 Å². The van der Waals surface area contributed by atoms with E-state index in [1.165, 1.54) is 44.7 Å². The first kappa shape index (κ1) is 37.4. The molecule has 2 atom stereocenters. The Morgan fingerprint density at radius 2 is 1.10 bits per heavy atom. The Hall–Kier alpha value is -7.37. The number of allylic oxidation sites excluding steroid dienone is 5. The number of rotatable bonds is 5. The van der Waals surface area contributed by atoms with Crippen LogP contribution in [0.3, 0.4) is 0 Å². The lowest BCUT2D eigenvalue weighted by Crippen LogP contribution is -2.12. The van der Waals surface area contributed by atoms with Gasteiger partial charge in [0.1, 0.15) is 0 Å². The van der Waals surface area contributed by atoms with E-state index in [1.54, 1.807) is 16.7 Å². The second kappa shape index (κ2) is 14.4. The van der Waals surface area contributed by atoms with Crippen molar-refractivity contribution in [1.82, 2.24) is 9.13 Å². The zero-order chi connectivity index (χ0) is 42.4. The van der Waals surface area contributed by atoms with E-state index in [2.05, 4.69) is 145 Å². The van der Waals surface area contributed by atoms with Crippen molar-refractivity contribution >= 4 is 60.5 Å². The summed E-state index contributed by atoms with van der Waals surface area (Å²) < 4.78 is 47.1. The summed E-state index contributed by atoms with van der Waals surface area (Å²) in [7, 11) is 0. The maximum Gasteiger partial charge on any atom is 0.418 e. The Morgan fingerprint density at radius 1 is 0.524 bits per heavy atom. The molecule has 0 amide bonds. The lowest BCUT2D eigenvalue weighted by atomic mass is 9.75. The molecule has 0 spiro atoms. The molecule has 0 saturated carbocycles. The predicted molar refractivity (Wildman–Crippen MR) is 256 cm³/mol. The van der Waals surface area contributed by atoms with Gasteiger partial charge in [-0.1, -0.05) is 140 Å². The number of hydrogen-bond acceptors (Lipinski definition) is 0. The summed E-state index contributed by atoms with van der Waals surface area (Å²) in [4.78, 5) is 0. The van der Waals surface area contributed by atoms with Crippen LogP contribution in [0.5, 0.6) is 0 Å². The summed E-state index contributed by atoms with van der Waals surface area (Å²) in [6, 6.07) is 52.9. The van der Waals surface area contributed by atoms with Crippen molar-refractivity contribution in [2.75, 3.05) is 0 Å². The van der Waals surface area contributed by atoms with Gasteiger partial charge < -0.3 is 9.13 Å². The van der Waals surface area contributed by atoms with E-state index in [1.807, 2.05) is 36.4 Å². The highest BCUT2D eigenvalue weighted by Crippen LogP contribution is 2.46. The van der Waals surface area contributed by atoms with Crippen molar-refractivity contribution in [2.24, 2.45) is 5.92 Å². The van der Waals surface area contributed by atoms with Crippen molar-refractivity contribution in [3.05, 3.63) is 210 Å². The molecule has 0 saturated heterocycles. The summed E-state index contributed by atoms with van der Waals surface area (Å²) >= 11 is 0. The number of para-hydroxylation sites is 3. The molecule has 0 aliphatic heterocycles. The third-order valence-corrected chi connectivity index (χ3v) is 13.4. The van der Waals surface area contributed by atoms with Gasteiger partial charge >= 0.3 is 6.18 Å². The maximum atomic E-state index is 14.3. The zero-order valence-corrected chi connectivity index (χ0v) is 34.6. The molecule has 304 valence electrons. The van der Waals surface area contributed by atoms with Crippen LogP contribution in [0.4, 0.5) is 13.2 Å². The highest BCUT2D eigenvalue weighted by molar-refractivity contribution is 6.13. The van der Waals surface area contributed by atoms with Gasteiger partial charge in [-0.3, -0.25) is 0 Å². The summed E-state index contributed by atoms with van der Waals surface area (Å²) in [6.07, 6.45) is 11.3. The average molecular weight is 823 g/mol. The summed E-state index contributed by atoms with van der Waals surface area (Å²) in [5.74, 6) is 0.838. The first-order chi connectivity index (χ1) is 30.8. The summed E-state index contributed by atoms with van der Waals surface area (Å²) in [6.45, 7) is 2.32. The van der Waals surface area contributed by atoms with Crippen molar-refractivity contribution < 1.29 is 13.2 Å². The first-order valence-electron chi connectivity index (χ1n) is 21.7. The van der Waals surface area contributed by atoms with Crippen molar-refractivity contribution in [3.8, 4) is 33.6 Å². The number of benzene rings is 8. The fraction of sp³-hybridized carbons (Fsp3) is 0.103. The molecule has 2 aliphatic carbocycles. The van der Waals surface area contributed by atoms with Gasteiger partial charge in [0, 0.05) is 33.2 Å². The molecular weight excluding hydrogens is 782 g/mol. The molecule has 2 aliphatic rings. The van der Waals surface area contributed by atoms with Crippen LogP contribution in [-0.4, -0.2) is 9.13 Å². The van der Waals surface area contributed by atoms with Crippen LogP contribution in [0.2, 0.25) is 0 Å². The van der Waals surface area contributed by atoms with Gasteiger partial charge in [0.2, 0.25) is 0 Å². The molecule has 0 N–H and O–H groups in total. The van der Waals surface area contributed by atoms with E-state index in [0.717, 1.165) is 79.3 Å². The number of fused-ring (bicyclic) bond motifs is 8. The molecular formula is C58H41F3N2. The zero-order valence-electron chi connectivity index (χ0n) is 34.6. The van der Waals surface area contributed by atoms with Gasteiger partial charge in [0.15, 0.2) is 0 Å². The second-order valence-corrected chi connectivity index (χ2v) is 17.2. The van der Waals surface area contributed by atoms with Crippen LogP contribution >= 0.6 is 0 Å². The summed E-state index contributed by atoms with van der Waals surface area (Å²) in [5, 5.41) is 6.73. The van der Waals surface area contributed by atoms with E-state index in [4.69, 9.17) is 0 Å². The highest BCUT2D eigenvalue weighted by Gasteiger charge is 2.34. The Kier molecular flexibility index (Phi) is 8.52. The largest absolute Gasteiger partial charge is 0.418 e. The minimum atomic E-state index is -4.49. The maximum absolute atomic E-state index is 14.3. The predicted octanol–water partition coefficient (Wildman–Crippen LogP) is 16.2. The van der Waals surface area contributed by atoms with Gasteiger partial charge in [-0.25, -0.2) is 0 Å². The van der Waals surface area contributed by atoms with Crippen LogP contribution in [0.25, 0.3) is 94.1 Å². The minimum absolute atomic E-state index is 0.119. The molecule has 0 fully saturated rings. The molecule has 2 aromatic heterocycles. The Bertz CT molecular complexity index is 3570. The molecule has 2 nitrogen and oxygen atoms in total. The van der Waals surface area contributed by atoms with Gasteiger partial charge in [-0.05, 0) is 129 Å². The molecule has 2 unspecified atom stereocenters. The normalized spacial score (nSPS) is 16.3. The molecule has 12 rings (SSSR count). The topological polar surface area (TPSA) is 9.86 Å².